The summed E-state index contributed by atoms with van der Waals surface area (Å²) < 4.78 is 0. The fourth-order valence-corrected chi connectivity index (χ4v) is 2.51. The first-order valence-corrected chi connectivity index (χ1v) is 7.43. The monoisotopic (exact) mass is 264 g/mol. The van der Waals surface area contributed by atoms with Gasteiger partial charge in [0.1, 0.15) is 0 Å². The highest BCUT2D eigenvalue weighted by atomic mass is 14.1. The molecule has 0 amide bonds. The van der Waals surface area contributed by atoms with Crippen LogP contribution >= 0.6 is 0 Å². The van der Waals surface area contributed by atoms with Crippen LogP contribution in [0.5, 0.6) is 0 Å². The third-order valence-corrected chi connectivity index (χ3v) is 3.96. The Morgan fingerprint density at radius 3 is 2.35 bits per heavy atom. The van der Waals surface area contributed by atoms with Gasteiger partial charge in [0, 0.05) is 0 Å². The molecule has 2 rings (SSSR count). The molecule has 1 unspecified atom stereocenters. The number of hydrogen-bond donors (Lipinski definition) is 0. The quantitative estimate of drug-likeness (QED) is 0.673. The lowest BCUT2D eigenvalue weighted by molar-refractivity contribution is 0.744. The van der Waals surface area contributed by atoms with Crippen molar-refractivity contribution in [3.05, 3.63) is 77.4 Å². The fourth-order valence-electron chi connectivity index (χ4n) is 2.51. The largest absolute Gasteiger partial charge is 0.0950 e. The van der Waals surface area contributed by atoms with E-state index in [0.29, 0.717) is 5.92 Å². The van der Waals surface area contributed by atoms with E-state index in [0.717, 1.165) is 12.8 Å². The average molecular weight is 264 g/mol. The molecule has 104 valence electrons. The van der Waals surface area contributed by atoms with Crippen molar-refractivity contribution in [2.45, 2.75) is 33.6 Å². The zero-order chi connectivity index (χ0) is 14.5. The topological polar surface area (TPSA) is 0 Å². The molecule has 0 aliphatic carbocycles. The van der Waals surface area contributed by atoms with Gasteiger partial charge >= 0.3 is 0 Å². The maximum absolute atomic E-state index is 4.29. The first kappa shape index (κ1) is 14.6. The molecule has 0 aliphatic rings. The van der Waals surface area contributed by atoms with Crippen molar-refractivity contribution in [3.63, 3.8) is 0 Å². The molecule has 1 atom stereocenters. The van der Waals surface area contributed by atoms with Crippen LogP contribution in [0.25, 0.3) is 5.57 Å². The van der Waals surface area contributed by atoms with Crippen LogP contribution in [0.4, 0.5) is 0 Å². The molecule has 0 bridgehead atoms. The van der Waals surface area contributed by atoms with Gasteiger partial charge < -0.3 is 0 Å². The molecule has 2 aromatic rings. The van der Waals surface area contributed by atoms with E-state index in [1.165, 1.54) is 27.8 Å². The van der Waals surface area contributed by atoms with Gasteiger partial charge in [-0.3, -0.25) is 0 Å². The summed E-state index contributed by atoms with van der Waals surface area (Å²) in [6.45, 7) is 10.9. The molecule has 2 aromatic carbocycles. The van der Waals surface area contributed by atoms with Crippen LogP contribution in [0, 0.1) is 12.8 Å². The van der Waals surface area contributed by atoms with Crippen molar-refractivity contribution in [3.8, 4) is 0 Å². The molecule has 20 heavy (non-hydrogen) atoms. The van der Waals surface area contributed by atoms with Crippen molar-refractivity contribution >= 4 is 5.57 Å². The zero-order valence-electron chi connectivity index (χ0n) is 12.8. The first-order valence-electron chi connectivity index (χ1n) is 7.43. The Kier molecular flexibility index (Phi) is 4.79. The standard InChI is InChI=1S/C20H24/c1-5-18-7-6-8-19(14-18)13-16(3)17(4)20-11-9-15(2)10-12-20/h6-12,14,16H,4-5,13H2,1-3H3. The second-order valence-electron chi connectivity index (χ2n) is 5.67. The van der Waals surface area contributed by atoms with Gasteiger partial charge in [0.05, 0.1) is 0 Å². The number of allylic oxidation sites excluding steroid dienone is 1. The van der Waals surface area contributed by atoms with E-state index in [-0.39, 0.29) is 0 Å². The molecular weight excluding hydrogens is 240 g/mol. The molecule has 0 saturated carbocycles. The van der Waals surface area contributed by atoms with Crippen molar-refractivity contribution in [1.82, 2.24) is 0 Å². The van der Waals surface area contributed by atoms with E-state index in [2.05, 4.69) is 75.9 Å². The number of hydrogen-bond acceptors (Lipinski definition) is 0. The third kappa shape index (κ3) is 3.60. The minimum atomic E-state index is 0.463. The van der Waals surface area contributed by atoms with Gasteiger partial charge in [0.15, 0.2) is 0 Å². The molecule has 0 nitrogen and oxygen atoms in total. The number of aryl methyl sites for hydroxylation is 2. The summed E-state index contributed by atoms with van der Waals surface area (Å²) >= 11 is 0. The van der Waals surface area contributed by atoms with Crippen LogP contribution in [-0.4, -0.2) is 0 Å². The van der Waals surface area contributed by atoms with E-state index in [1.54, 1.807) is 0 Å². The van der Waals surface area contributed by atoms with E-state index in [1.807, 2.05) is 0 Å². The lowest BCUT2D eigenvalue weighted by Gasteiger charge is -2.16. The van der Waals surface area contributed by atoms with E-state index < -0.39 is 0 Å². The number of rotatable bonds is 5. The van der Waals surface area contributed by atoms with Gasteiger partial charge in [0.2, 0.25) is 0 Å². The summed E-state index contributed by atoms with van der Waals surface area (Å²) in [5, 5.41) is 0. The van der Waals surface area contributed by atoms with E-state index in [4.69, 9.17) is 0 Å². The van der Waals surface area contributed by atoms with Gasteiger partial charge in [-0.15, -0.1) is 0 Å². The Labute approximate surface area is 123 Å². The summed E-state index contributed by atoms with van der Waals surface area (Å²) in [4.78, 5) is 0. The highest BCUT2D eigenvalue weighted by Gasteiger charge is 2.10. The van der Waals surface area contributed by atoms with E-state index >= 15 is 0 Å². The summed E-state index contributed by atoms with van der Waals surface area (Å²) in [6.07, 6.45) is 2.15. The van der Waals surface area contributed by atoms with Crippen LogP contribution in [0.2, 0.25) is 0 Å². The number of benzene rings is 2. The Morgan fingerprint density at radius 2 is 1.70 bits per heavy atom. The van der Waals surface area contributed by atoms with Gasteiger partial charge in [-0.05, 0) is 47.9 Å². The Bertz CT molecular complexity index is 575. The zero-order valence-corrected chi connectivity index (χ0v) is 12.8. The fraction of sp³-hybridized carbons (Fsp3) is 0.300. The van der Waals surface area contributed by atoms with Crippen molar-refractivity contribution < 1.29 is 0 Å². The van der Waals surface area contributed by atoms with Crippen LogP contribution < -0.4 is 0 Å². The minimum Gasteiger partial charge on any atom is -0.0950 e. The molecule has 0 aromatic heterocycles. The Morgan fingerprint density at radius 1 is 1.05 bits per heavy atom. The molecular formula is C20H24. The van der Waals surface area contributed by atoms with Gasteiger partial charge in [0.25, 0.3) is 0 Å². The van der Waals surface area contributed by atoms with Crippen LogP contribution in [0.3, 0.4) is 0 Å². The molecule has 0 heteroatoms. The van der Waals surface area contributed by atoms with Gasteiger partial charge in [-0.25, -0.2) is 0 Å². The van der Waals surface area contributed by atoms with Crippen molar-refractivity contribution in [1.29, 1.82) is 0 Å². The second kappa shape index (κ2) is 6.56. The summed E-state index contributed by atoms with van der Waals surface area (Å²) in [7, 11) is 0. The second-order valence-corrected chi connectivity index (χ2v) is 5.67. The maximum Gasteiger partial charge on any atom is -0.0150 e. The predicted molar refractivity (Wildman–Crippen MR) is 88.9 cm³/mol. The summed E-state index contributed by atoms with van der Waals surface area (Å²) in [6, 6.07) is 17.6. The molecule has 0 N–H and O–H groups in total. The van der Waals surface area contributed by atoms with Crippen molar-refractivity contribution in [2.75, 3.05) is 0 Å². The van der Waals surface area contributed by atoms with Gasteiger partial charge in [-0.2, -0.15) is 0 Å². The predicted octanol–water partition coefficient (Wildman–Crippen LogP) is 5.45. The lowest BCUT2D eigenvalue weighted by atomic mass is 9.89. The molecule has 0 fully saturated rings. The summed E-state index contributed by atoms with van der Waals surface area (Å²) in [5.41, 5.74) is 6.60. The van der Waals surface area contributed by atoms with Crippen molar-refractivity contribution in [2.24, 2.45) is 5.92 Å². The average Bonchev–Trinajstić information content (AvgIpc) is 2.47. The maximum atomic E-state index is 4.29. The summed E-state index contributed by atoms with van der Waals surface area (Å²) in [5.74, 6) is 0.463. The SMILES string of the molecule is C=C(c1ccc(C)cc1)C(C)Cc1cccc(CC)c1. The molecule has 0 heterocycles. The first-order chi connectivity index (χ1) is 9.60. The lowest BCUT2D eigenvalue weighted by Crippen LogP contribution is -2.02. The highest BCUT2D eigenvalue weighted by Crippen LogP contribution is 2.25. The van der Waals surface area contributed by atoms with E-state index in [9.17, 15) is 0 Å². The van der Waals surface area contributed by atoms with Crippen LogP contribution in [0.1, 0.15) is 36.1 Å². The normalized spacial score (nSPS) is 12.2. The Balaban J connectivity index is 2.09. The highest BCUT2D eigenvalue weighted by molar-refractivity contribution is 5.65. The molecule has 0 aliphatic heterocycles. The van der Waals surface area contributed by atoms with Crippen LogP contribution in [-0.2, 0) is 12.8 Å². The third-order valence-electron chi connectivity index (χ3n) is 3.96. The molecule has 0 radical (unpaired) electrons. The van der Waals surface area contributed by atoms with Crippen LogP contribution in [0.15, 0.2) is 55.1 Å². The molecule has 0 saturated heterocycles. The van der Waals surface area contributed by atoms with Gasteiger partial charge in [-0.1, -0.05) is 74.5 Å². The molecule has 0 spiro atoms. The minimum absolute atomic E-state index is 0.463. The Hall–Kier alpha value is -1.82. The smallest absolute Gasteiger partial charge is 0.0150 e.